The first-order valence-corrected chi connectivity index (χ1v) is 8.80. The zero-order valence-corrected chi connectivity index (χ0v) is 14.4. The molecular weight excluding hydrogens is 332 g/mol. The molecule has 0 radical (unpaired) electrons. The van der Waals surface area contributed by atoms with Crippen molar-refractivity contribution in [3.8, 4) is 5.82 Å². The zero-order valence-electron chi connectivity index (χ0n) is 13.6. The van der Waals surface area contributed by atoms with Crippen LogP contribution >= 0.6 is 11.8 Å². The lowest BCUT2D eigenvalue weighted by Gasteiger charge is -2.04. The van der Waals surface area contributed by atoms with Crippen LogP contribution in [0.4, 0.5) is 5.95 Å². The van der Waals surface area contributed by atoms with Crippen LogP contribution in [0.15, 0.2) is 60.0 Å². The Morgan fingerprint density at radius 2 is 1.84 bits per heavy atom. The van der Waals surface area contributed by atoms with Crippen LogP contribution < -0.4 is 5.73 Å². The van der Waals surface area contributed by atoms with Gasteiger partial charge in [-0.2, -0.15) is 9.67 Å². The average molecular weight is 348 g/mol. The highest BCUT2D eigenvalue weighted by atomic mass is 32.2. The van der Waals surface area contributed by atoms with Gasteiger partial charge in [0.15, 0.2) is 5.82 Å². The van der Waals surface area contributed by atoms with Crippen LogP contribution in [0.25, 0.3) is 16.7 Å². The van der Waals surface area contributed by atoms with Crippen molar-refractivity contribution in [1.82, 2.24) is 24.7 Å². The molecule has 0 unspecified atom stereocenters. The van der Waals surface area contributed by atoms with E-state index < -0.39 is 0 Å². The van der Waals surface area contributed by atoms with Gasteiger partial charge in [0.25, 0.3) is 0 Å². The van der Waals surface area contributed by atoms with Crippen LogP contribution in [0, 0.1) is 6.92 Å². The number of benzene rings is 2. The molecule has 0 aliphatic carbocycles. The maximum absolute atomic E-state index is 6.07. The van der Waals surface area contributed by atoms with E-state index in [0.717, 1.165) is 16.7 Å². The minimum absolute atomic E-state index is 0.315. The number of aromatic nitrogens is 5. The second kappa shape index (κ2) is 6.52. The molecule has 2 heterocycles. The molecular formula is C18H16N6S. The third kappa shape index (κ3) is 3.18. The zero-order chi connectivity index (χ0) is 17.2. The van der Waals surface area contributed by atoms with E-state index in [1.54, 1.807) is 16.4 Å². The van der Waals surface area contributed by atoms with E-state index in [-0.39, 0.29) is 0 Å². The Morgan fingerprint density at radius 1 is 1.04 bits per heavy atom. The van der Waals surface area contributed by atoms with Crippen molar-refractivity contribution < 1.29 is 0 Å². The summed E-state index contributed by atoms with van der Waals surface area (Å²) in [5.74, 6) is 1.74. The molecule has 4 rings (SSSR count). The maximum atomic E-state index is 6.07. The summed E-state index contributed by atoms with van der Waals surface area (Å²) >= 11 is 1.55. The quantitative estimate of drug-likeness (QED) is 0.569. The maximum Gasteiger partial charge on any atom is 0.225 e. The monoisotopic (exact) mass is 348 g/mol. The molecule has 0 aliphatic heterocycles. The standard InChI is InChI=1S/C18H16N6S/c1-12-6-8-13(9-7-12)10-25-18-22-17(19)24(23-18)16-14-4-2-3-5-15(14)20-11-21-16/h2-9,11H,10H2,1H3,(H2,19,22,23). The van der Waals surface area contributed by atoms with Crippen molar-refractivity contribution in [3.63, 3.8) is 0 Å². The lowest BCUT2D eigenvalue weighted by atomic mass is 10.2. The Balaban J connectivity index is 1.62. The van der Waals surface area contributed by atoms with Crippen LogP contribution in [0.3, 0.4) is 0 Å². The summed E-state index contributed by atoms with van der Waals surface area (Å²) in [6, 6.07) is 16.2. The summed E-state index contributed by atoms with van der Waals surface area (Å²) in [4.78, 5) is 13.0. The Labute approximate surface area is 149 Å². The molecule has 0 amide bonds. The molecule has 6 nitrogen and oxygen atoms in total. The molecule has 7 heteroatoms. The van der Waals surface area contributed by atoms with Crippen molar-refractivity contribution in [3.05, 3.63) is 66.0 Å². The number of rotatable bonds is 4. The third-order valence-corrected chi connectivity index (χ3v) is 4.73. The van der Waals surface area contributed by atoms with E-state index in [2.05, 4.69) is 51.2 Å². The second-order valence-electron chi connectivity index (χ2n) is 5.65. The summed E-state index contributed by atoms with van der Waals surface area (Å²) < 4.78 is 1.57. The van der Waals surface area contributed by atoms with E-state index in [1.165, 1.54) is 17.5 Å². The molecule has 0 aliphatic rings. The summed E-state index contributed by atoms with van der Waals surface area (Å²) in [5.41, 5.74) is 9.38. The fourth-order valence-electron chi connectivity index (χ4n) is 2.51. The number of para-hydroxylation sites is 1. The fourth-order valence-corrected chi connectivity index (χ4v) is 3.30. The average Bonchev–Trinajstić information content (AvgIpc) is 3.01. The molecule has 0 saturated heterocycles. The van der Waals surface area contributed by atoms with Gasteiger partial charge in [-0.25, -0.2) is 9.97 Å². The van der Waals surface area contributed by atoms with Crippen molar-refractivity contribution in [2.24, 2.45) is 0 Å². The molecule has 0 bridgehead atoms. The second-order valence-corrected chi connectivity index (χ2v) is 6.60. The smallest absolute Gasteiger partial charge is 0.225 e. The highest BCUT2D eigenvalue weighted by Crippen LogP contribution is 2.24. The summed E-state index contributed by atoms with van der Waals surface area (Å²) in [5, 5.41) is 6.03. The summed E-state index contributed by atoms with van der Waals surface area (Å²) in [6.45, 7) is 2.08. The topological polar surface area (TPSA) is 82.5 Å². The predicted molar refractivity (Wildman–Crippen MR) is 99.6 cm³/mol. The Bertz CT molecular complexity index is 1020. The lowest BCUT2D eigenvalue weighted by molar-refractivity contribution is 0.819. The van der Waals surface area contributed by atoms with E-state index in [0.29, 0.717) is 16.9 Å². The molecule has 2 N–H and O–H groups in total. The van der Waals surface area contributed by atoms with E-state index in [1.807, 2.05) is 24.3 Å². The number of aryl methyl sites for hydroxylation is 1. The first-order valence-electron chi connectivity index (χ1n) is 7.82. The van der Waals surface area contributed by atoms with Crippen molar-refractivity contribution in [1.29, 1.82) is 0 Å². The van der Waals surface area contributed by atoms with Crippen molar-refractivity contribution in [2.45, 2.75) is 17.8 Å². The number of hydrogen-bond acceptors (Lipinski definition) is 6. The minimum Gasteiger partial charge on any atom is -0.368 e. The number of thioether (sulfide) groups is 1. The number of nitrogens with zero attached hydrogens (tertiary/aromatic N) is 5. The van der Waals surface area contributed by atoms with E-state index in [9.17, 15) is 0 Å². The van der Waals surface area contributed by atoms with Gasteiger partial charge in [0.1, 0.15) is 6.33 Å². The van der Waals surface area contributed by atoms with Gasteiger partial charge in [0.2, 0.25) is 11.1 Å². The Hall–Kier alpha value is -2.93. The van der Waals surface area contributed by atoms with Gasteiger partial charge in [-0.3, -0.25) is 0 Å². The normalized spacial score (nSPS) is 11.1. The number of hydrogen-bond donors (Lipinski definition) is 1. The first kappa shape index (κ1) is 15.6. The van der Waals surface area contributed by atoms with Crippen LogP contribution in [-0.2, 0) is 5.75 Å². The lowest BCUT2D eigenvalue weighted by Crippen LogP contribution is -2.05. The summed E-state index contributed by atoms with van der Waals surface area (Å²) in [7, 11) is 0. The van der Waals surface area contributed by atoms with Gasteiger partial charge in [0, 0.05) is 11.1 Å². The highest BCUT2D eigenvalue weighted by Gasteiger charge is 2.13. The molecule has 4 aromatic rings. The van der Waals surface area contributed by atoms with Gasteiger partial charge in [0.05, 0.1) is 5.52 Å². The van der Waals surface area contributed by atoms with Crippen molar-refractivity contribution >= 4 is 28.6 Å². The summed E-state index contributed by atoms with van der Waals surface area (Å²) in [6.07, 6.45) is 1.51. The fraction of sp³-hybridized carbons (Fsp3) is 0.111. The van der Waals surface area contributed by atoms with Crippen molar-refractivity contribution in [2.75, 3.05) is 5.73 Å². The third-order valence-electron chi connectivity index (χ3n) is 3.82. The van der Waals surface area contributed by atoms with Gasteiger partial charge >= 0.3 is 0 Å². The number of nitrogens with two attached hydrogens (primary N) is 1. The number of anilines is 1. The van der Waals surface area contributed by atoms with Crippen LogP contribution in [0.2, 0.25) is 0 Å². The van der Waals surface area contributed by atoms with E-state index >= 15 is 0 Å². The Morgan fingerprint density at radius 3 is 2.68 bits per heavy atom. The molecule has 2 aromatic heterocycles. The number of nitrogen functional groups attached to an aromatic ring is 1. The van der Waals surface area contributed by atoms with Gasteiger partial charge in [-0.15, -0.1) is 5.10 Å². The largest absolute Gasteiger partial charge is 0.368 e. The highest BCUT2D eigenvalue weighted by molar-refractivity contribution is 7.98. The van der Waals surface area contributed by atoms with Crippen LogP contribution in [0.1, 0.15) is 11.1 Å². The predicted octanol–water partition coefficient (Wildman–Crippen LogP) is 3.39. The first-order chi connectivity index (χ1) is 12.2. The molecule has 124 valence electrons. The molecule has 0 saturated carbocycles. The van der Waals surface area contributed by atoms with Gasteiger partial charge < -0.3 is 5.73 Å². The molecule has 0 spiro atoms. The molecule has 25 heavy (non-hydrogen) atoms. The molecule has 2 aromatic carbocycles. The van der Waals surface area contributed by atoms with E-state index in [4.69, 9.17) is 5.73 Å². The SMILES string of the molecule is Cc1ccc(CSc2nc(N)n(-c3ncnc4ccccc34)n2)cc1. The van der Waals surface area contributed by atoms with Gasteiger partial charge in [-0.1, -0.05) is 53.7 Å². The van der Waals surface area contributed by atoms with Gasteiger partial charge in [-0.05, 0) is 24.6 Å². The minimum atomic E-state index is 0.315. The Kier molecular flexibility index (Phi) is 4.07. The molecule has 0 fully saturated rings. The molecule has 0 atom stereocenters. The van der Waals surface area contributed by atoms with Crippen LogP contribution in [0.5, 0.6) is 0 Å². The van der Waals surface area contributed by atoms with Crippen LogP contribution in [-0.4, -0.2) is 24.7 Å². The number of fused-ring (bicyclic) bond motifs is 1.